The molecule has 2 rings (SSSR count). The molecule has 0 spiro atoms. The number of rotatable bonds is 4. The fourth-order valence-corrected chi connectivity index (χ4v) is 3.03. The van der Waals surface area contributed by atoms with Gasteiger partial charge in [-0.2, -0.15) is 0 Å². The number of aryl methyl sites for hydroxylation is 1. The van der Waals surface area contributed by atoms with Gasteiger partial charge < -0.3 is 20.7 Å². The molecule has 2 N–H and O–H groups in total. The molecular formula is C13H23N5O2. The molecule has 0 aliphatic carbocycles. The minimum absolute atomic E-state index is 0.0570. The Kier molecular flexibility index (Phi) is 4.27. The number of aromatic nitrogens is 2. The number of hydrogen-bond donors (Lipinski definition) is 1. The predicted molar refractivity (Wildman–Crippen MR) is 77.8 cm³/mol. The van der Waals surface area contributed by atoms with E-state index >= 15 is 0 Å². The predicted octanol–water partition coefficient (Wildman–Crippen LogP) is 1.59. The van der Waals surface area contributed by atoms with Gasteiger partial charge in [-0.1, -0.05) is 13.3 Å². The van der Waals surface area contributed by atoms with E-state index in [1.54, 1.807) is 11.5 Å². The minimum atomic E-state index is -0.401. The Bertz CT molecular complexity index is 499. The molecule has 1 aromatic rings. The maximum Gasteiger partial charge on any atom is 0.406 e. The summed E-state index contributed by atoms with van der Waals surface area (Å²) in [4.78, 5) is 17.0. The van der Waals surface area contributed by atoms with Gasteiger partial charge in [0.05, 0.1) is 0 Å². The van der Waals surface area contributed by atoms with Crippen LogP contribution in [-0.4, -0.2) is 33.6 Å². The van der Waals surface area contributed by atoms with Crippen molar-refractivity contribution in [3.63, 3.8) is 0 Å². The van der Waals surface area contributed by atoms with Crippen LogP contribution in [0.2, 0.25) is 0 Å². The molecule has 1 fully saturated rings. The van der Waals surface area contributed by atoms with Gasteiger partial charge in [-0.3, -0.25) is 4.57 Å². The number of hydrogen-bond acceptors (Lipinski definition) is 5. The highest BCUT2D eigenvalue weighted by Crippen LogP contribution is 2.34. The zero-order valence-corrected chi connectivity index (χ0v) is 12.4. The standard InChI is InChI=1S/C13H23N5O2/c1-4-10-5-6-17(11(7-10)8-14)13-12(18(19)20)15-9(2)16(13)3/h10-11H,4-8,14H2,1-3H3. The van der Waals surface area contributed by atoms with E-state index < -0.39 is 4.92 Å². The van der Waals surface area contributed by atoms with E-state index in [2.05, 4.69) is 16.8 Å². The average molecular weight is 281 g/mol. The summed E-state index contributed by atoms with van der Waals surface area (Å²) >= 11 is 0. The van der Waals surface area contributed by atoms with Crippen molar-refractivity contribution in [2.45, 2.75) is 39.2 Å². The van der Waals surface area contributed by atoms with E-state index in [0.717, 1.165) is 25.8 Å². The van der Waals surface area contributed by atoms with Gasteiger partial charge in [0.15, 0.2) is 0 Å². The summed E-state index contributed by atoms with van der Waals surface area (Å²) < 4.78 is 1.80. The highest BCUT2D eigenvalue weighted by Gasteiger charge is 2.35. The number of nitrogens with zero attached hydrogens (tertiary/aromatic N) is 4. The Labute approximate surface area is 118 Å². The second-order valence-corrected chi connectivity index (χ2v) is 5.50. The van der Waals surface area contributed by atoms with Crippen LogP contribution in [-0.2, 0) is 7.05 Å². The molecule has 0 aromatic carbocycles. The van der Waals surface area contributed by atoms with Crippen molar-refractivity contribution in [3.05, 3.63) is 15.9 Å². The highest BCUT2D eigenvalue weighted by atomic mass is 16.6. The Balaban J connectivity index is 2.37. The van der Waals surface area contributed by atoms with Crippen LogP contribution in [0.5, 0.6) is 0 Å². The number of nitrogens with two attached hydrogens (primary N) is 1. The summed E-state index contributed by atoms with van der Waals surface area (Å²) in [6, 6.07) is 0.155. The first kappa shape index (κ1) is 14.8. The zero-order chi connectivity index (χ0) is 14.9. The van der Waals surface area contributed by atoms with Gasteiger partial charge >= 0.3 is 5.82 Å². The van der Waals surface area contributed by atoms with Crippen LogP contribution in [0.4, 0.5) is 11.6 Å². The van der Waals surface area contributed by atoms with E-state index in [-0.39, 0.29) is 11.9 Å². The third-order valence-electron chi connectivity index (χ3n) is 4.39. The van der Waals surface area contributed by atoms with E-state index in [1.165, 1.54) is 0 Å². The number of nitro groups is 1. The minimum Gasteiger partial charge on any atom is -0.358 e. The van der Waals surface area contributed by atoms with Gasteiger partial charge in [0.1, 0.15) is 0 Å². The first-order chi connectivity index (χ1) is 9.49. The lowest BCUT2D eigenvalue weighted by atomic mass is 9.89. The van der Waals surface area contributed by atoms with Crippen molar-refractivity contribution in [2.24, 2.45) is 18.7 Å². The molecule has 1 saturated heterocycles. The van der Waals surface area contributed by atoms with Crippen molar-refractivity contribution in [1.29, 1.82) is 0 Å². The molecule has 20 heavy (non-hydrogen) atoms. The third kappa shape index (κ3) is 2.49. The van der Waals surface area contributed by atoms with E-state index in [9.17, 15) is 10.1 Å². The molecule has 1 aromatic heterocycles. The lowest BCUT2D eigenvalue weighted by Crippen LogP contribution is -2.47. The second-order valence-electron chi connectivity index (χ2n) is 5.50. The quantitative estimate of drug-likeness (QED) is 0.668. The maximum atomic E-state index is 11.2. The van der Waals surface area contributed by atoms with E-state index in [0.29, 0.717) is 24.1 Å². The van der Waals surface area contributed by atoms with Crippen molar-refractivity contribution in [3.8, 4) is 0 Å². The van der Waals surface area contributed by atoms with Crippen molar-refractivity contribution >= 4 is 11.6 Å². The van der Waals surface area contributed by atoms with Gasteiger partial charge in [0.2, 0.25) is 11.6 Å². The molecular weight excluding hydrogens is 258 g/mol. The van der Waals surface area contributed by atoms with Crippen LogP contribution in [0, 0.1) is 23.0 Å². The van der Waals surface area contributed by atoms with Crippen LogP contribution in [0.1, 0.15) is 32.0 Å². The summed E-state index contributed by atoms with van der Waals surface area (Å²) in [6.45, 7) is 5.29. The zero-order valence-electron chi connectivity index (χ0n) is 12.4. The molecule has 0 bridgehead atoms. The monoisotopic (exact) mass is 281 g/mol. The van der Waals surface area contributed by atoms with Crippen molar-refractivity contribution in [1.82, 2.24) is 9.55 Å². The summed E-state index contributed by atoms with van der Waals surface area (Å²) in [5, 5.41) is 11.2. The van der Waals surface area contributed by atoms with Gasteiger partial charge in [-0.25, -0.2) is 0 Å². The average Bonchev–Trinajstić information content (AvgIpc) is 2.74. The second kappa shape index (κ2) is 5.78. The molecule has 7 heteroatoms. The highest BCUT2D eigenvalue weighted by molar-refractivity contribution is 5.57. The maximum absolute atomic E-state index is 11.2. The van der Waals surface area contributed by atoms with Crippen molar-refractivity contribution < 1.29 is 4.92 Å². The SMILES string of the molecule is CCC1CCN(c2c([N+](=O)[O-])nc(C)n2C)C(CN)C1. The lowest BCUT2D eigenvalue weighted by Gasteiger charge is -2.39. The largest absolute Gasteiger partial charge is 0.406 e. The van der Waals surface area contributed by atoms with Gasteiger partial charge in [-0.15, -0.1) is 0 Å². The summed E-state index contributed by atoms with van der Waals surface area (Å²) in [6.07, 6.45) is 3.18. The van der Waals surface area contributed by atoms with Gasteiger partial charge in [0.25, 0.3) is 0 Å². The number of anilines is 1. The van der Waals surface area contributed by atoms with E-state index in [1.807, 2.05) is 7.05 Å². The molecule has 1 aliphatic rings. The number of imidazole rings is 1. The van der Waals surface area contributed by atoms with Gasteiger partial charge in [-0.05, 0) is 28.7 Å². The first-order valence-electron chi connectivity index (χ1n) is 7.14. The molecule has 0 radical (unpaired) electrons. The molecule has 2 atom stereocenters. The molecule has 1 aliphatic heterocycles. The topological polar surface area (TPSA) is 90.2 Å². The van der Waals surface area contributed by atoms with Crippen LogP contribution in [0.3, 0.4) is 0 Å². The summed E-state index contributed by atoms with van der Waals surface area (Å²) in [5.41, 5.74) is 5.89. The normalized spacial score (nSPS) is 23.1. The first-order valence-corrected chi connectivity index (χ1v) is 7.14. The van der Waals surface area contributed by atoms with Crippen LogP contribution in [0.15, 0.2) is 0 Å². The molecule has 0 amide bonds. The van der Waals surface area contributed by atoms with E-state index in [4.69, 9.17) is 5.73 Å². The molecule has 2 heterocycles. The fraction of sp³-hybridized carbons (Fsp3) is 0.769. The fourth-order valence-electron chi connectivity index (χ4n) is 3.03. The van der Waals surface area contributed by atoms with Crippen molar-refractivity contribution in [2.75, 3.05) is 18.0 Å². The summed E-state index contributed by atoms with van der Waals surface area (Å²) in [7, 11) is 1.82. The lowest BCUT2D eigenvalue weighted by molar-refractivity contribution is -0.388. The molecule has 112 valence electrons. The van der Waals surface area contributed by atoms with Crippen LogP contribution >= 0.6 is 0 Å². The van der Waals surface area contributed by atoms with Gasteiger partial charge in [0, 0.05) is 33.1 Å². The summed E-state index contributed by atoms with van der Waals surface area (Å²) in [5.74, 6) is 1.85. The Morgan fingerprint density at radius 1 is 1.55 bits per heavy atom. The van der Waals surface area contributed by atoms with Crippen LogP contribution < -0.4 is 10.6 Å². The number of piperidine rings is 1. The third-order valence-corrected chi connectivity index (χ3v) is 4.39. The molecule has 2 unspecified atom stereocenters. The Morgan fingerprint density at radius 2 is 2.25 bits per heavy atom. The molecule has 0 saturated carbocycles. The molecule has 7 nitrogen and oxygen atoms in total. The smallest absolute Gasteiger partial charge is 0.358 e. The Hall–Kier alpha value is -1.63. The Morgan fingerprint density at radius 3 is 2.80 bits per heavy atom. The van der Waals surface area contributed by atoms with Crippen LogP contribution in [0.25, 0.3) is 0 Å².